The highest BCUT2D eigenvalue weighted by atomic mass is 79.9. The molecule has 1 atom stereocenters. The third-order valence-electron chi connectivity index (χ3n) is 2.00. The number of carboxylic acid groups (broad SMARTS) is 1. The van der Waals surface area contributed by atoms with Crippen molar-refractivity contribution < 1.29 is 9.90 Å². The highest BCUT2D eigenvalue weighted by Crippen LogP contribution is 2.29. The summed E-state index contributed by atoms with van der Waals surface area (Å²) in [5, 5.41) is 9.55. The first kappa shape index (κ1) is 12.5. The quantitative estimate of drug-likeness (QED) is 0.931. The number of likely N-dealkylation sites (N-methyl/N-ethyl adjacent to an activating group) is 1. The average Bonchev–Trinajstić information content (AvgIpc) is 2.10. The Hall–Kier alpha value is -0.580. The van der Waals surface area contributed by atoms with E-state index in [1.807, 2.05) is 0 Å². The predicted molar refractivity (Wildman–Crippen MR) is 63.2 cm³/mol. The number of halogens is 2. The van der Waals surface area contributed by atoms with Crippen LogP contribution in [0.1, 0.15) is 11.6 Å². The molecule has 0 amide bonds. The number of carbonyl (C=O) groups is 1. The van der Waals surface area contributed by atoms with Gasteiger partial charge >= 0.3 is 5.97 Å². The summed E-state index contributed by atoms with van der Waals surface area (Å²) in [6, 6.07) is 4.46. The molecule has 1 unspecified atom stereocenters. The molecule has 0 aliphatic heterocycles. The van der Waals surface area contributed by atoms with Gasteiger partial charge in [-0.2, -0.15) is 0 Å². The van der Waals surface area contributed by atoms with Crippen LogP contribution in [0, 0.1) is 0 Å². The molecule has 0 aliphatic rings. The summed E-state index contributed by atoms with van der Waals surface area (Å²) in [7, 11) is 3.41. The van der Waals surface area contributed by atoms with Gasteiger partial charge in [-0.15, -0.1) is 0 Å². The normalized spacial score (nSPS) is 12.9. The van der Waals surface area contributed by atoms with Gasteiger partial charge in [-0.05, 0) is 32.3 Å². The number of hydrogen-bond donors (Lipinski definition) is 1. The molecular weight excluding hydrogens is 281 g/mol. The minimum atomic E-state index is -0.917. The molecule has 3 nitrogen and oxygen atoms in total. The number of aliphatic carboxylic acids is 1. The first-order valence-corrected chi connectivity index (χ1v) is 5.44. The Morgan fingerprint density at radius 3 is 2.60 bits per heavy atom. The minimum absolute atomic E-state index is 0.458. The molecule has 1 aromatic rings. The molecule has 15 heavy (non-hydrogen) atoms. The number of rotatable bonds is 3. The van der Waals surface area contributed by atoms with Gasteiger partial charge < -0.3 is 5.11 Å². The van der Waals surface area contributed by atoms with E-state index in [1.54, 1.807) is 37.2 Å². The summed E-state index contributed by atoms with van der Waals surface area (Å²) in [6.07, 6.45) is 0. The molecule has 1 rings (SSSR count). The van der Waals surface area contributed by atoms with E-state index in [2.05, 4.69) is 15.9 Å². The molecule has 0 heterocycles. The van der Waals surface area contributed by atoms with Crippen LogP contribution >= 0.6 is 27.5 Å². The minimum Gasteiger partial charge on any atom is -0.480 e. The summed E-state index contributed by atoms with van der Waals surface area (Å²) < 4.78 is 0.815. The van der Waals surface area contributed by atoms with Gasteiger partial charge in [0.2, 0.25) is 0 Å². The lowest BCUT2D eigenvalue weighted by atomic mass is 10.1. The molecule has 5 heteroatoms. The average molecular weight is 293 g/mol. The second-order valence-corrected chi connectivity index (χ2v) is 4.69. The molecule has 0 aliphatic carbocycles. The Kier molecular flexibility index (Phi) is 4.13. The Balaban J connectivity index is 3.22. The maximum atomic E-state index is 11.1. The maximum absolute atomic E-state index is 11.1. The topological polar surface area (TPSA) is 40.5 Å². The van der Waals surface area contributed by atoms with Crippen LogP contribution in [0.3, 0.4) is 0 Å². The van der Waals surface area contributed by atoms with Crippen molar-refractivity contribution in [2.24, 2.45) is 0 Å². The fourth-order valence-electron chi connectivity index (χ4n) is 1.36. The number of carboxylic acids is 1. The van der Waals surface area contributed by atoms with Gasteiger partial charge in [-0.25, -0.2) is 0 Å². The van der Waals surface area contributed by atoms with Gasteiger partial charge in [-0.1, -0.05) is 27.5 Å². The van der Waals surface area contributed by atoms with E-state index in [-0.39, 0.29) is 0 Å². The third-order valence-corrected chi connectivity index (χ3v) is 2.84. The van der Waals surface area contributed by atoms with Crippen molar-refractivity contribution in [1.29, 1.82) is 0 Å². The summed E-state index contributed by atoms with van der Waals surface area (Å²) in [4.78, 5) is 12.7. The number of benzene rings is 1. The molecule has 0 radical (unpaired) electrons. The third kappa shape index (κ3) is 2.93. The van der Waals surface area contributed by atoms with Crippen molar-refractivity contribution in [3.05, 3.63) is 33.3 Å². The summed E-state index contributed by atoms with van der Waals surface area (Å²) in [6.45, 7) is 0. The zero-order valence-electron chi connectivity index (χ0n) is 8.37. The fraction of sp³-hybridized carbons (Fsp3) is 0.300. The van der Waals surface area contributed by atoms with Crippen molar-refractivity contribution in [3.8, 4) is 0 Å². The van der Waals surface area contributed by atoms with Gasteiger partial charge in [0.25, 0.3) is 0 Å². The van der Waals surface area contributed by atoms with Crippen LogP contribution in [0.15, 0.2) is 22.7 Å². The van der Waals surface area contributed by atoms with Crippen LogP contribution in [0.2, 0.25) is 5.02 Å². The molecule has 0 fully saturated rings. The zero-order chi connectivity index (χ0) is 11.6. The van der Waals surface area contributed by atoms with Gasteiger partial charge in [0, 0.05) is 15.1 Å². The molecule has 1 N–H and O–H groups in total. The lowest BCUT2D eigenvalue weighted by Gasteiger charge is -2.21. The van der Waals surface area contributed by atoms with Crippen LogP contribution < -0.4 is 0 Å². The lowest BCUT2D eigenvalue weighted by molar-refractivity contribution is -0.142. The van der Waals surface area contributed by atoms with E-state index in [9.17, 15) is 4.79 Å². The number of hydrogen-bond acceptors (Lipinski definition) is 2. The van der Waals surface area contributed by atoms with Crippen LogP contribution in [-0.4, -0.2) is 30.1 Å². The first-order valence-electron chi connectivity index (χ1n) is 4.27. The predicted octanol–water partition coefficient (Wildman–Crippen LogP) is 2.79. The summed E-state index contributed by atoms with van der Waals surface area (Å²) >= 11 is 9.26. The van der Waals surface area contributed by atoms with E-state index in [0.29, 0.717) is 10.6 Å². The van der Waals surface area contributed by atoms with Crippen LogP contribution in [0.5, 0.6) is 0 Å². The van der Waals surface area contributed by atoms with E-state index in [4.69, 9.17) is 16.7 Å². The van der Waals surface area contributed by atoms with Gasteiger partial charge in [0.05, 0.1) is 0 Å². The van der Waals surface area contributed by atoms with E-state index in [0.717, 1.165) is 4.47 Å². The summed E-state index contributed by atoms with van der Waals surface area (Å²) in [5.74, 6) is -0.917. The van der Waals surface area contributed by atoms with Crippen molar-refractivity contribution in [2.45, 2.75) is 6.04 Å². The highest BCUT2D eigenvalue weighted by Gasteiger charge is 2.24. The van der Waals surface area contributed by atoms with Gasteiger partial charge in [0.1, 0.15) is 6.04 Å². The molecule has 0 saturated carbocycles. The second-order valence-electron chi connectivity index (χ2n) is 3.37. The van der Waals surface area contributed by atoms with Gasteiger partial charge in [-0.3, -0.25) is 9.69 Å². The van der Waals surface area contributed by atoms with Crippen LogP contribution in [0.4, 0.5) is 0 Å². The number of nitrogens with zero attached hydrogens (tertiary/aromatic N) is 1. The van der Waals surface area contributed by atoms with Crippen LogP contribution in [0.25, 0.3) is 0 Å². The Bertz CT molecular complexity index is 382. The Morgan fingerprint density at radius 2 is 2.13 bits per heavy atom. The molecule has 0 bridgehead atoms. The van der Waals surface area contributed by atoms with E-state index < -0.39 is 12.0 Å². The van der Waals surface area contributed by atoms with E-state index in [1.165, 1.54) is 0 Å². The summed E-state index contributed by atoms with van der Waals surface area (Å²) in [5.41, 5.74) is 0.587. The highest BCUT2D eigenvalue weighted by molar-refractivity contribution is 9.10. The SMILES string of the molecule is CN(C)C(C(=O)O)c1cc(Br)ccc1Cl. The zero-order valence-corrected chi connectivity index (χ0v) is 10.7. The molecule has 0 saturated heterocycles. The fourth-order valence-corrected chi connectivity index (χ4v) is 1.96. The molecular formula is C10H11BrClNO2. The molecule has 0 spiro atoms. The lowest BCUT2D eigenvalue weighted by Crippen LogP contribution is -2.27. The molecule has 1 aromatic carbocycles. The monoisotopic (exact) mass is 291 g/mol. The van der Waals surface area contributed by atoms with Crippen molar-refractivity contribution in [3.63, 3.8) is 0 Å². The second kappa shape index (κ2) is 4.96. The Labute approximate surface area is 102 Å². The van der Waals surface area contributed by atoms with Crippen LogP contribution in [-0.2, 0) is 4.79 Å². The van der Waals surface area contributed by atoms with Crippen molar-refractivity contribution in [2.75, 3.05) is 14.1 Å². The Morgan fingerprint density at radius 1 is 1.53 bits per heavy atom. The largest absolute Gasteiger partial charge is 0.480 e. The molecule has 0 aromatic heterocycles. The van der Waals surface area contributed by atoms with E-state index >= 15 is 0 Å². The molecule has 82 valence electrons. The van der Waals surface area contributed by atoms with Gasteiger partial charge in [0.15, 0.2) is 0 Å². The smallest absolute Gasteiger partial charge is 0.325 e. The van der Waals surface area contributed by atoms with Crippen molar-refractivity contribution >= 4 is 33.5 Å². The van der Waals surface area contributed by atoms with Crippen molar-refractivity contribution in [1.82, 2.24) is 4.90 Å². The first-order chi connectivity index (χ1) is 6.93. The maximum Gasteiger partial charge on any atom is 0.325 e. The standard InChI is InChI=1S/C10H11BrClNO2/c1-13(2)9(10(14)15)7-5-6(11)3-4-8(7)12/h3-5,9H,1-2H3,(H,14,15).